The van der Waals surface area contributed by atoms with Crippen LogP contribution in [0.15, 0.2) is 12.2 Å². The Morgan fingerprint density at radius 2 is 2.22 bits per heavy atom. The van der Waals surface area contributed by atoms with Crippen molar-refractivity contribution in [2.45, 2.75) is 20.3 Å². The van der Waals surface area contributed by atoms with E-state index in [1.54, 1.807) is 6.08 Å². The molecule has 0 aliphatic heterocycles. The topological polar surface area (TPSA) is 17.1 Å². The van der Waals surface area contributed by atoms with Crippen molar-refractivity contribution in [3.8, 4) is 0 Å². The van der Waals surface area contributed by atoms with E-state index in [4.69, 9.17) is 0 Å². The van der Waals surface area contributed by atoms with Crippen molar-refractivity contribution >= 4 is 5.78 Å². The van der Waals surface area contributed by atoms with Gasteiger partial charge in [-0.1, -0.05) is 19.9 Å². The summed E-state index contributed by atoms with van der Waals surface area (Å²) in [5.41, 5.74) is 0. The molecule has 9 heavy (non-hydrogen) atoms. The van der Waals surface area contributed by atoms with Crippen molar-refractivity contribution in [3.63, 3.8) is 0 Å². The number of hydrogen-bond acceptors (Lipinski definition) is 1. The summed E-state index contributed by atoms with van der Waals surface area (Å²) >= 11 is 0. The third-order valence-corrected chi connectivity index (χ3v) is 2.01. The molecule has 0 radical (unpaired) electrons. The highest BCUT2D eigenvalue weighted by Gasteiger charge is 2.16. The molecular weight excluding hydrogens is 112 g/mol. The molecule has 0 fully saturated rings. The molecule has 0 aromatic carbocycles. The SMILES string of the molecule is CC1C=CC(=O)CC1C. The second-order valence-electron chi connectivity index (χ2n) is 2.87. The Labute approximate surface area is 55.8 Å². The van der Waals surface area contributed by atoms with Crippen LogP contribution in [-0.4, -0.2) is 5.78 Å². The summed E-state index contributed by atoms with van der Waals surface area (Å²) < 4.78 is 0. The Kier molecular flexibility index (Phi) is 1.70. The van der Waals surface area contributed by atoms with Gasteiger partial charge in [-0.3, -0.25) is 4.79 Å². The van der Waals surface area contributed by atoms with Crippen LogP contribution in [-0.2, 0) is 4.79 Å². The van der Waals surface area contributed by atoms with Gasteiger partial charge in [0, 0.05) is 6.42 Å². The predicted molar refractivity (Wildman–Crippen MR) is 37.1 cm³/mol. The standard InChI is InChI=1S/C8H12O/c1-6-3-4-8(9)5-7(6)2/h3-4,6-7H,5H2,1-2H3. The number of hydrogen-bond donors (Lipinski definition) is 0. The minimum absolute atomic E-state index is 0.278. The first-order chi connectivity index (χ1) is 4.20. The van der Waals surface area contributed by atoms with Gasteiger partial charge in [-0.2, -0.15) is 0 Å². The van der Waals surface area contributed by atoms with Gasteiger partial charge in [0.05, 0.1) is 0 Å². The highest BCUT2D eigenvalue weighted by atomic mass is 16.1. The van der Waals surface area contributed by atoms with E-state index in [1.165, 1.54) is 0 Å². The molecule has 1 nitrogen and oxygen atoms in total. The lowest BCUT2D eigenvalue weighted by atomic mass is 9.86. The van der Waals surface area contributed by atoms with E-state index in [0.717, 1.165) is 6.42 Å². The van der Waals surface area contributed by atoms with Crippen LogP contribution in [0.5, 0.6) is 0 Å². The van der Waals surface area contributed by atoms with Crippen LogP contribution in [0, 0.1) is 11.8 Å². The molecular formula is C8H12O. The van der Waals surface area contributed by atoms with E-state index in [9.17, 15) is 4.79 Å². The zero-order valence-electron chi connectivity index (χ0n) is 5.92. The van der Waals surface area contributed by atoms with Gasteiger partial charge in [-0.25, -0.2) is 0 Å². The van der Waals surface area contributed by atoms with Gasteiger partial charge in [0.25, 0.3) is 0 Å². The number of carbonyl (C=O) groups excluding carboxylic acids is 1. The van der Waals surface area contributed by atoms with Gasteiger partial charge in [0.15, 0.2) is 5.78 Å². The first-order valence-electron chi connectivity index (χ1n) is 3.41. The fourth-order valence-corrected chi connectivity index (χ4v) is 1.02. The van der Waals surface area contributed by atoms with Crippen LogP contribution in [0.4, 0.5) is 0 Å². The summed E-state index contributed by atoms with van der Waals surface area (Å²) in [5, 5.41) is 0. The van der Waals surface area contributed by atoms with Crippen LogP contribution < -0.4 is 0 Å². The van der Waals surface area contributed by atoms with Crippen LogP contribution in [0.1, 0.15) is 20.3 Å². The normalized spacial score (nSPS) is 35.1. The average Bonchev–Trinajstić information content (AvgIpc) is 1.80. The summed E-state index contributed by atoms with van der Waals surface area (Å²) in [6.07, 6.45) is 4.43. The van der Waals surface area contributed by atoms with Crippen LogP contribution in [0.25, 0.3) is 0 Å². The maximum absolute atomic E-state index is 10.7. The molecule has 0 amide bonds. The number of allylic oxidation sites excluding steroid dienone is 2. The molecule has 1 rings (SSSR count). The van der Waals surface area contributed by atoms with Crippen LogP contribution in [0.2, 0.25) is 0 Å². The third-order valence-electron chi connectivity index (χ3n) is 2.01. The van der Waals surface area contributed by atoms with Gasteiger partial charge >= 0.3 is 0 Å². The molecule has 0 aromatic rings. The molecule has 0 bridgehead atoms. The fraction of sp³-hybridized carbons (Fsp3) is 0.625. The molecule has 1 aliphatic carbocycles. The first-order valence-corrected chi connectivity index (χ1v) is 3.41. The lowest BCUT2D eigenvalue weighted by Gasteiger charge is -2.18. The largest absolute Gasteiger partial charge is 0.295 e. The molecule has 0 spiro atoms. The molecule has 0 aromatic heterocycles. The van der Waals surface area contributed by atoms with Crippen molar-refractivity contribution in [3.05, 3.63) is 12.2 Å². The van der Waals surface area contributed by atoms with E-state index < -0.39 is 0 Å². The van der Waals surface area contributed by atoms with Gasteiger partial charge in [-0.05, 0) is 17.9 Å². The van der Waals surface area contributed by atoms with Gasteiger partial charge < -0.3 is 0 Å². The van der Waals surface area contributed by atoms with Crippen molar-refractivity contribution in [1.29, 1.82) is 0 Å². The third kappa shape index (κ3) is 1.41. The zero-order valence-corrected chi connectivity index (χ0v) is 5.92. The fourth-order valence-electron chi connectivity index (χ4n) is 1.02. The highest BCUT2D eigenvalue weighted by molar-refractivity contribution is 5.90. The Morgan fingerprint density at radius 3 is 2.67 bits per heavy atom. The second-order valence-corrected chi connectivity index (χ2v) is 2.87. The summed E-state index contributed by atoms with van der Waals surface area (Å²) in [6, 6.07) is 0. The van der Waals surface area contributed by atoms with Crippen molar-refractivity contribution in [1.82, 2.24) is 0 Å². The van der Waals surface area contributed by atoms with Gasteiger partial charge in [-0.15, -0.1) is 0 Å². The molecule has 1 heteroatoms. The summed E-state index contributed by atoms with van der Waals surface area (Å²) in [6.45, 7) is 4.26. The summed E-state index contributed by atoms with van der Waals surface area (Å²) in [4.78, 5) is 10.7. The maximum Gasteiger partial charge on any atom is 0.155 e. The molecule has 0 heterocycles. The van der Waals surface area contributed by atoms with Crippen molar-refractivity contribution in [2.75, 3.05) is 0 Å². The highest BCUT2D eigenvalue weighted by Crippen LogP contribution is 2.20. The predicted octanol–water partition coefficient (Wildman–Crippen LogP) is 1.79. The number of rotatable bonds is 0. The molecule has 0 saturated carbocycles. The van der Waals surface area contributed by atoms with Gasteiger partial charge in [0.1, 0.15) is 0 Å². The first kappa shape index (κ1) is 6.53. The van der Waals surface area contributed by atoms with E-state index in [0.29, 0.717) is 11.8 Å². The Balaban J connectivity index is 2.65. The Hall–Kier alpha value is -0.590. The monoisotopic (exact) mass is 124 g/mol. The van der Waals surface area contributed by atoms with E-state index >= 15 is 0 Å². The quantitative estimate of drug-likeness (QED) is 0.481. The number of carbonyl (C=O) groups is 1. The molecule has 2 unspecified atom stereocenters. The van der Waals surface area contributed by atoms with Crippen molar-refractivity contribution in [2.24, 2.45) is 11.8 Å². The van der Waals surface area contributed by atoms with Crippen LogP contribution in [0.3, 0.4) is 0 Å². The maximum atomic E-state index is 10.7. The van der Waals surface area contributed by atoms with Gasteiger partial charge in [0.2, 0.25) is 0 Å². The lowest BCUT2D eigenvalue weighted by molar-refractivity contribution is -0.116. The van der Waals surface area contributed by atoms with E-state index in [-0.39, 0.29) is 5.78 Å². The molecule has 0 saturated heterocycles. The summed E-state index contributed by atoms with van der Waals surface area (Å²) in [5.74, 6) is 1.41. The zero-order chi connectivity index (χ0) is 6.85. The lowest BCUT2D eigenvalue weighted by Crippen LogP contribution is -2.14. The summed E-state index contributed by atoms with van der Waals surface area (Å²) in [7, 11) is 0. The smallest absolute Gasteiger partial charge is 0.155 e. The Bertz CT molecular complexity index is 147. The Morgan fingerprint density at radius 1 is 1.56 bits per heavy atom. The molecule has 50 valence electrons. The second kappa shape index (κ2) is 2.34. The van der Waals surface area contributed by atoms with Crippen molar-refractivity contribution < 1.29 is 4.79 Å². The number of ketones is 1. The minimum Gasteiger partial charge on any atom is -0.295 e. The molecule has 1 aliphatic rings. The van der Waals surface area contributed by atoms with Crippen LogP contribution >= 0.6 is 0 Å². The average molecular weight is 124 g/mol. The van der Waals surface area contributed by atoms with E-state index in [1.807, 2.05) is 6.08 Å². The minimum atomic E-state index is 0.278. The van der Waals surface area contributed by atoms with E-state index in [2.05, 4.69) is 13.8 Å². The molecule has 0 N–H and O–H groups in total. The molecule has 2 atom stereocenters.